The van der Waals surface area contributed by atoms with Gasteiger partial charge < -0.3 is 4.74 Å². The molecule has 1 nitrogen and oxygen atoms in total. The molecule has 2 aliphatic rings. The third-order valence-corrected chi connectivity index (χ3v) is 2.93. The zero-order valence-corrected chi connectivity index (χ0v) is 7.29. The molecule has 0 radical (unpaired) electrons. The van der Waals surface area contributed by atoms with Crippen molar-refractivity contribution in [2.24, 2.45) is 0 Å². The summed E-state index contributed by atoms with van der Waals surface area (Å²) in [6.45, 7) is 0. The van der Waals surface area contributed by atoms with E-state index in [0.717, 1.165) is 24.8 Å². The second-order valence-corrected chi connectivity index (χ2v) is 3.83. The van der Waals surface area contributed by atoms with Crippen LogP contribution in [0.5, 0.6) is 0 Å². The second-order valence-electron chi connectivity index (χ2n) is 3.83. The molecule has 13 heavy (non-hydrogen) atoms. The summed E-state index contributed by atoms with van der Waals surface area (Å²) in [5.41, 5.74) is 2.36. The minimum Gasteiger partial charge on any atom is -0.364 e. The van der Waals surface area contributed by atoms with Crippen LogP contribution in [0, 0.1) is 5.82 Å². The summed E-state index contributed by atoms with van der Waals surface area (Å²) in [4.78, 5) is 0. The minimum atomic E-state index is -0.127. The Balaban J connectivity index is 2.08. The van der Waals surface area contributed by atoms with Crippen LogP contribution in [0.3, 0.4) is 0 Å². The molecule has 0 aromatic heterocycles. The van der Waals surface area contributed by atoms with Crippen molar-refractivity contribution in [3.63, 3.8) is 0 Å². The number of hydrogen-bond donors (Lipinski definition) is 0. The molecule has 0 N–H and O–H groups in total. The molecule has 1 aromatic rings. The fourth-order valence-corrected chi connectivity index (χ4v) is 2.20. The summed E-state index contributed by atoms with van der Waals surface area (Å²) in [6, 6.07) is 5.06. The molecule has 1 aromatic carbocycles. The number of halogens is 1. The summed E-state index contributed by atoms with van der Waals surface area (Å²) in [7, 11) is 0. The zero-order chi connectivity index (χ0) is 8.84. The number of benzene rings is 1. The summed E-state index contributed by atoms with van der Waals surface area (Å²) in [5.74, 6) is -0.127. The number of ether oxygens (including phenoxy) is 1. The van der Waals surface area contributed by atoms with Crippen LogP contribution in [0.25, 0.3) is 0 Å². The Hall–Kier alpha value is -0.890. The molecule has 2 atom stereocenters. The smallest absolute Gasteiger partial charge is 0.123 e. The van der Waals surface area contributed by atoms with E-state index in [0.29, 0.717) is 6.10 Å². The van der Waals surface area contributed by atoms with Crippen LogP contribution < -0.4 is 0 Å². The molecular weight excluding hydrogens is 167 g/mol. The Bertz CT molecular complexity index is 348. The Morgan fingerprint density at radius 2 is 2.31 bits per heavy atom. The maximum absolute atomic E-state index is 12.9. The van der Waals surface area contributed by atoms with E-state index < -0.39 is 0 Å². The van der Waals surface area contributed by atoms with Gasteiger partial charge in [-0.2, -0.15) is 0 Å². The van der Waals surface area contributed by atoms with Crippen molar-refractivity contribution < 1.29 is 9.13 Å². The van der Waals surface area contributed by atoms with E-state index in [1.165, 1.54) is 11.6 Å². The van der Waals surface area contributed by atoms with Crippen molar-refractivity contribution in [3.8, 4) is 0 Å². The average molecular weight is 178 g/mol. The van der Waals surface area contributed by atoms with E-state index >= 15 is 0 Å². The van der Waals surface area contributed by atoms with Gasteiger partial charge in [0, 0.05) is 0 Å². The number of aryl methyl sites for hydroxylation is 1. The maximum Gasteiger partial charge on any atom is 0.123 e. The molecule has 1 heterocycles. The highest BCUT2D eigenvalue weighted by Gasteiger charge is 2.42. The molecular formula is C11H11FO. The van der Waals surface area contributed by atoms with Crippen molar-refractivity contribution in [1.29, 1.82) is 0 Å². The minimum absolute atomic E-state index is 0.127. The van der Waals surface area contributed by atoms with Crippen molar-refractivity contribution in [3.05, 3.63) is 35.1 Å². The summed E-state index contributed by atoms with van der Waals surface area (Å²) >= 11 is 0. The Kier molecular flexibility index (Phi) is 1.47. The van der Waals surface area contributed by atoms with Gasteiger partial charge in [0.1, 0.15) is 11.9 Å². The first kappa shape index (κ1) is 7.51. The molecule has 1 aliphatic heterocycles. The normalized spacial score (nSPS) is 30.2. The third kappa shape index (κ3) is 1.17. The Morgan fingerprint density at radius 3 is 3.23 bits per heavy atom. The highest BCUT2D eigenvalue weighted by atomic mass is 19.1. The van der Waals surface area contributed by atoms with E-state index in [1.807, 2.05) is 6.07 Å². The standard InChI is InChI=1S/C11H11FO/c12-8-4-5-9-7(6-8)2-1-3-10-11(9)13-10/h4-6,10-11H,1-3H2/t10-,11+/m1/s1. The van der Waals surface area contributed by atoms with Gasteiger partial charge in [0.2, 0.25) is 0 Å². The van der Waals surface area contributed by atoms with Gasteiger partial charge in [-0.05, 0) is 42.5 Å². The predicted molar refractivity (Wildman–Crippen MR) is 47.0 cm³/mol. The van der Waals surface area contributed by atoms with Crippen LogP contribution in [0.2, 0.25) is 0 Å². The summed E-state index contributed by atoms with van der Waals surface area (Å²) < 4.78 is 18.4. The molecule has 3 rings (SSSR count). The van der Waals surface area contributed by atoms with Crippen LogP contribution in [0.4, 0.5) is 4.39 Å². The van der Waals surface area contributed by atoms with Crippen LogP contribution in [-0.4, -0.2) is 6.10 Å². The highest BCUT2D eigenvalue weighted by molar-refractivity contribution is 5.34. The second kappa shape index (κ2) is 2.55. The van der Waals surface area contributed by atoms with Crippen molar-refractivity contribution >= 4 is 0 Å². The van der Waals surface area contributed by atoms with Gasteiger partial charge in [0.15, 0.2) is 0 Å². The lowest BCUT2D eigenvalue weighted by atomic mass is 10.0. The number of hydrogen-bond acceptors (Lipinski definition) is 1. The van der Waals surface area contributed by atoms with E-state index in [1.54, 1.807) is 6.07 Å². The molecule has 0 amide bonds. The van der Waals surface area contributed by atoms with Gasteiger partial charge in [-0.15, -0.1) is 0 Å². The SMILES string of the molecule is Fc1ccc2c(c1)CCC[C@H]1O[C@@H]21. The van der Waals surface area contributed by atoms with Gasteiger partial charge in [-0.3, -0.25) is 0 Å². The quantitative estimate of drug-likeness (QED) is 0.556. The first-order chi connectivity index (χ1) is 6.34. The lowest BCUT2D eigenvalue weighted by Crippen LogP contribution is -1.92. The molecule has 0 spiro atoms. The van der Waals surface area contributed by atoms with Gasteiger partial charge in [-0.25, -0.2) is 4.39 Å². The summed E-state index contributed by atoms with van der Waals surface area (Å²) in [6.07, 6.45) is 3.95. The largest absolute Gasteiger partial charge is 0.364 e. The molecule has 0 unspecified atom stereocenters. The van der Waals surface area contributed by atoms with Crippen molar-refractivity contribution in [2.75, 3.05) is 0 Å². The van der Waals surface area contributed by atoms with Gasteiger partial charge in [0.05, 0.1) is 6.10 Å². The van der Waals surface area contributed by atoms with Crippen LogP contribution in [-0.2, 0) is 11.2 Å². The summed E-state index contributed by atoms with van der Waals surface area (Å²) in [5, 5.41) is 0. The average Bonchev–Trinajstić information content (AvgIpc) is 2.82. The number of epoxide rings is 1. The topological polar surface area (TPSA) is 12.5 Å². The van der Waals surface area contributed by atoms with E-state index in [4.69, 9.17) is 4.74 Å². The molecule has 68 valence electrons. The lowest BCUT2D eigenvalue weighted by molar-refractivity contribution is 0.357. The number of fused-ring (bicyclic) bond motifs is 3. The monoisotopic (exact) mass is 178 g/mol. The molecule has 0 bridgehead atoms. The van der Waals surface area contributed by atoms with Crippen LogP contribution in [0.15, 0.2) is 18.2 Å². The fourth-order valence-electron chi connectivity index (χ4n) is 2.20. The Morgan fingerprint density at radius 1 is 1.38 bits per heavy atom. The molecule has 1 saturated heterocycles. The van der Waals surface area contributed by atoms with E-state index in [9.17, 15) is 4.39 Å². The maximum atomic E-state index is 12.9. The third-order valence-electron chi connectivity index (χ3n) is 2.93. The van der Waals surface area contributed by atoms with Gasteiger partial charge in [0.25, 0.3) is 0 Å². The predicted octanol–water partition coefficient (Wildman–Crippen LogP) is 2.60. The van der Waals surface area contributed by atoms with Crippen molar-refractivity contribution in [2.45, 2.75) is 31.5 Å². The van der Waals surface area contributed by atoms with Crippen LogP contribution in [0.1, 0.15) is 30.1 Å². The van der Waals surface area contributed by atoms with Crippen molar-refractivity contribution in [1.82, 2.24) is 0 Å². The number of rotatable bonds is 0. The first-order valence-electron chi connectivity index (χ1n) is 4.78. The fraction of sp³-hybridized carbons (Fsp3) is 0.455. The molecule has 2 heteroatoms. The zero-order valence-electron chi connectivity index (χ0n) is 7.29. The lowest BCUT2D eigenvalue weighted by Gasteiger charge is -2.04. The van der Waals surface area contributed by atoms with E-state index in [-0.39, 0.29) is 11.9 Å². The molecule has 1 aliphatic carbocycles. The van der Waals surface area contributed by atoms with Gasteiger partial charge >= 0.3 is 0 Å². The first-order valence-corrected chi connectivity index (χ1v) is 4.78. The van der Waals surface area contributed by atoms with Crippen LogP contribution >= 0.6 is 0 Å². The van der Waals surface area contributed by atoms with E-state index in [2.05, 4.69) is 0 Å². The molecule has 1 fully saturated rings. The Labute approximate surface area is 76.5 Å². The molecule has 0 saturated carbocycles. The highest BCUT2D eigenvalue weighted by Crippen LogP contribution is 2.45. The van der Waals surface area contributed by atoms with Gasteiger partial charge in [-0.1, -0.05) is 6.07 Å².